The molecule has 1 heteroatoms. The van der Waals surface area contributed by atoms with Crippen molar-refractivity contribution in [2.45, 2.75) is 18.8 Å². The fourth-order valence-electron chi connectivity index (χ4n) is 8.24. The van der Waals surface area contributed by atoms with Crippen LogP contribution in [0.4, 0.5) is 0 Å². The molecule has 0 saturated carbocycles. The van der Waals surface area contributed by atoms with Gasteiger partial charge in [-0.05, 0) is 103 Å². The second-order valence-corrected chi connectivity index (χ2v) is 14.3. The zero-order valence-corrected chi connectivity index (χ0v) is 30.0. The normalized spacial score (nSPS) is 13.1. The van der Waals surface area contributed by atoms with E-state index in [2.05, 4.69) is 188 Å². The highest BCUT2D eigenvalue weighted by Gasteiger charge is 2.20. The summed E-state index contributed by atoms with van der Waals surface area (Å²) in [6.07, 6.45) is 4.69. The van der Waals surface area contributed by atoms with Gasteiger partial charge in [-0.25, -0.2) is 0 Å². The van der Waals surface area contributed by atoms with Crippen molar-refractivity contribution in [2.75, 3.05) is 0 Å². The molecular weight excluding hydrogens is 653 g/mol. The van der Waals surface area contributed by atoms with E-state index in [1.807, 2.05) is 12.1 Å². The third kappa shape index (κ3) is 5.85. The average Bonchev–Trinajstić information content (AvgIpc) is 3.60. The summed E-state index contributed by atoms with van der Waals surface area (Å²) >= 11 is 0. The molecule has 0 radical (unpaired) electrons. The molecular formula is C53H38O. The van der Waals surface area contributed by atoms with Crippen molar-refractivity contribution in [3.8, 4) is 44.5 Å². The summed E-state index contributed by atoms with van der Waals surface area (Å²) in [4.78, 5) is 0. The molecule has 1 heterocycles. The zero-order valence-electron chi connectivity index (χ0n) is 30.0. The second kappa shape index (κ2) is 13.7. The van der Waals surface area contributed by atoms with Gasteiger partial charge in [0.15, 0.2) is 0 Å². The lowest BCUT2D eigenvalue weighted by atomic mass is 9.82. The first-order chi connectivity index (χ1) is 26.8. The lowest BCUT2D eigenvalue weighted by Crippen LogP contribution is -2.04. The predicted molar refractivity (Wildman–Crippen MR) is 227 cm³/mol. The van der Waals surface area contributed by atoms with Crippen LogP contribution >= 0.6 is 0 Å². The molecule has 0 spiro atoms. The number of furan rings is 1. The molecule has 10 rings (SSSR count). The molecule has 256 valence electrons. The second-order valence-electron chi connectivity index (χ2n) is 14.3. The van der Waals surface area contributed by atoms with Gasteiger partial charge in [-0.15, -0.1) is 0 Å². The van der Waals surface area contributed by atoms with Crippen molar-refractivity contribution in [1.82, 2.24) is 0 Å². The summed E-state index contributed by atoms with van der Waals surface area (Å²) in [5, 5.41) is 2.29. The average molecular weight is 691 g/mol. The summed E-state index contributed by atoms with van der Waals surface area (Å²) in [6, 6.07) is 70.7. The first-order valence-electron chi connectivity index (χ1n) is 18.9. The molecule has 0 aliphatic heterocycles. The molecule has 0 N–H and O–H groups in total. The van der Waals surface area contributed by atoms with Crippen LogP contribution in [0.3, 0.4) is 0 Å². The van der Waals surface area contributed by atoms with Gasteiger partial charge in [-0.1, -0.05) is 182 Å². The summed E-state index contributed by atoms with van der Waals surface area (Å²) in [7, 11) is 0. The Morgan fingerprint density at radius 2 is 0.852 bits per heavy atom. The highest BCUT2D eigenvalue weighted by Crippen LogP contribution is 2.40. The van der Waals surface area contributed by atoms with Crippen LogP contribution in [0.25, 0.3) is 72.0 Å². The standard InChI is InChI=1S/C53H38O/c1-2-12-36(13-3-1)45-18-4-6-20-47(45)38-24-28-40(29-25-38)53(41-30-26-39(27-31-41)48-21-7-5-19-46(48)37-14-10-15-37)44-17-11-16-42(34-44)43-32-33-52-50(35-43)49-22-8-9-23-51(49)54-52/h1-9,11-14,16-35,53H,10,15H2. The van der Waals surface area contributed by atoms with E-state index in [-0.39, 0.29) is 5.92 Å². The molecule has 1 nitrogen and oxygen atoms in total. The van der Waals surface area contributed by atoms with Crippen LogP contribution in [0.2, 0.25) is 0 Å². The van der Waals surface area contributed by atoms with E-state index < -0.39 is 0 Å². The summed E-state index contributed by atoms with van der Waals surface area (Å²) in [5.74, 6) is 0.0421. The van der Waals surface area contributed by atoms with Gasteiger partial charge >= 0.3 is 0 Å². The molecule has 0 fully saturated rings. The van der Waals surface area contributed by atoms with Gasteiger partial charge in [0, 0.05) is 16.7 Å². The fourth-order valence-corrected chi connectivity index (χ4v) is 8.24. The zero-order chi connectivity index (χ0) is 35.8. The minimum atomic E-state index is 0.0421. The number of benzene rings is 8. The van der Waals surface area contributed by atoms with E-state index >= 15 is 0 Å². The molecule has 8 aromatic carbocycles. The minimum Gasteiger partial charge on any atom is -0.456 e. The number of hydrogen-bond acceptors (Lipinski definition) is 1. The maximum atomic E-state index is 6.16. The van der Waals surface area contributed by atoms with Crippen LogP contribution < -0.4 is 0 Å². The molecule has 1 aliphatic carbocycles. The van der Waals surface area contributed by atoms with Crippen molar-refractivity contribution in [3.05, 3.63) is 222 Å². The van der Waals surface area contributed by atoms with E-state index in [1.54, 1.807) is 0 Å². The van der Waals surface area contributed by atoms with Crippen molar-refractivity contribution < 1.29 is 4.42 Å². The summed E-state index contributed by atoms with van der Waals surface area (Å²) in [6.45, 7) is 0. The molecule has 9 aromatic rings. The molecule has 1 unspecified atom stereocenters. The Hall–Kier alpha value is -6.70. The number of allylic oxidation sites excluding steroid dienone is 2. The third-order valence-electron chi connectivity index (χ3n) is 11.1. The number of rotatable bonds is 8. The smallest absolute Gasteiger partial charge is 0.135 e. The topological polar surface area (TPSA) is 13.1 Å². The Labute approximate surface area is 316 Å². The Bertz CT molecular complexity index is 2800. The van der Waals surface area contributed by atoms with Gasteiger partial charge in [-0.2, -0.15) is 0 Å². The van der Waals surface area contributed by atoms with Gasteiger partial charge < -0.3 is 4.42 Å². The Kier molecular flexibility index (Phi) is 8.11. The van der Waals surface area contributed by atoms with E-state index in [0.29, 0.717) is 0 Å². The third-order valence-corrected chi connectivity index (χ3v) is 11.1. The molecule has 1 atom stereocenters. The number of hydrogen-bond donors (Lipinski definition) is 0. The van der Waals surface area contributed by atoms with Crippen LogP contribution in [0.15, 0.2) is 205 Å². The van der Waals surface area contributed by atoms with Crippen molar-refractivity contribution in [1.29, 1.82) is 0 Å². The molecule has 0 bridgehead atoms. The first kappa shape index (κ1) is 32.0. The Morgan fingerprint density at radius 1 is 0.352 bits per heavy atom. The lowest BCUT2D eigenvalue weighted by molar-refractivity contribution is 0.669. The van der Waals surface area contributed by atoms with E-state index in [9.17, 15) is 0 Å². The van der Waals surface area contributed by atoms with E-state index in [0.717, 1.165) is 28.4 Å². The SMILES string of the molecule is C1=C(c2ccccc2-c2ccc(C(c3ccc(-c4ccccc4-c4ccccc4)cc3)c3cccc(-c4ccc5oc6ccccc6c5c4)c3)cc2)CC1. The van der Waals surface area contributed by atoms with Gasteiger partial charge in [0.05, 0.1) is 0 Å². The summed E-state index contributed by atoms with van der Waals surface area (Å²) in [5.41, 5.74) is 18.3. The number of fused-ring (bicyclic) bond motifs is 3. The molecule has 1 aliphatic rings. The van der Waals surface area contributed by atoms with Crippen molar-refractivity contribution in [3.63, 3.8) is 0 Å². The fraction of sp³-hybridized carbons (Fsp3) is 0.0566. The Balaban J connectivity index is 1.07. The van der Waals surface area contributed by atoms with Crippen LogP contribution in [-0.4, -0.2) is 0 Å². The maximum absolute atomic E-state index is 6.16. The van der Waals surface area contributed by atoms with Crippen LogP contribution in [0.5, 0.6) is 0 Å². The molecule has 0 amide bonds. The van der Waals surface area contributed by atoms with Crippen LogP contribution in [-0.2, 0) is 0 Å². The van der Waals surface area contributed by atoms with Gasteiger partial charge in [0.1, 0.15) is 11.2 Å². The molecule has 1 aromatic heterocycles. The Morgan fingerprint density at radius 3 is 1.50 bits per heavy atom. The van der Waals surface area contributed by atoms with E-state index in [4.69, 9.17) is 4.42 Å². The largest absolute Gasteiger partial charge is 0.456 e. The van der Waals surface area contributed by atoms with Crippen molar-refractivity contribution in [2.24, 2.45) is 0 Å². The first-order valence-corrected chi connectivity index (χ1v) is 18.9. The monoisotopic (exact) mass is 690 g/mol. The van der Waals surface area contributed by atoms with Crippen LogP contribution in [0.1, 0.15) is 41.0 Å². The van der Waals surface area contributed by atoms with Gasteiger partial charge in [0.2, 0.25) is 0 Å². The quantitative estimate of drug-likeness (QED) is 0.145. The summed E-state index contributed by atoms with van der Waals surface area (Å²) < 4.78 is 6.16. The van der Waals surface area contributed by atoms with Gasteiger partial charge in [-0.3, -0.25) is 0 Å². The maximum Gasteiger partial charge on any atom is 0.135 e. The predicted octanol–water partition coefficient (Wildman–Crippen LogP) is 14.6. The molecule has 54 heavy (non-hydrogen) atoms. The minimum absolute atomic E-state index is 0.0421. The highest BCUT2D eigenvalue weighted by molar-refractivity contribution is 6.06. The number of para-hydroxylation sites is 1. The van der Waals surface area contributed by atoms with Crippen molar-refractivity contribution >= 4 is 27.5 Å². The highest BCUT2D eigenvalue weighted by atomic mass is 16.3. The van der Waals surface area contributed by atoms with Crippen LogP contribution in [0, 0.1) is 0 Å². The van der Waals surface area contributed by atoms with E-state index in [1.165, 1.54) is 78.8 Å². The lowest BCUT2D eigenvalue weighted by Gasteiger charge is -2.22. The molecule has 0 saturated heterocycles. The van der Waals surface area contributed by atoms with Gasteiger partial charge in [0.25, 0.3) is 0 Å².